The Morgan fingerprint density at radius 2 is 1.52 bits per heavy atom. The van der Waals surface area contributed by atoms with Crippen molar-refractivity contribution in [1.29, 1.82) is 0 Å². The molecule has 0 unspecified atom stereocenters. The van der Waals surface area contributed by atoms with Crippen molar-refractivity contribution in [3.05, 3.63) is 96.9 Å². The van der Waals surface area contributed by atoms with Gasteiger partial charge in [-0.1, -0.05) is 61.2 Å². The molecule has 0 aliphatic carbocycles. The summed E-state index contributed by atoms with van der Waals surface area (Å²) in [4.78, 5) is 10.9. The monoisotopic (exact) mass is 379 g/mol. The van der Waals surface area contributed by atoms with E-state index in [4.69, 9.17) is 5.11 Å². The van der Waals surface area contributed by atoms with Crippen LogP contribution < -0.4 is 10.6 Å². The van der Waals surface area contributed by atoms with Gasteiger partial charge in [0, 0.05) is 6.42 Å². The Kier molecular flexibility index (Phi) is 8.23. The van der Waals surface area contributed by atoms with Crippen LogP contribution in [0.25, 0.3) is 0 Å². The van der Waals surface area contributed by atoms with Crippen molar-refractivity contribution in [1.82, 2.24) is 0 Å². The molecule has 0 aromatic heterocycles. The van der Waals surface area contributed by atoms with Crippen LogP contribution in [0.5, 0.6) is 0 Å². The molecular formula is C24H28O2P+. The van der Waals surface area contributed by atoms with Crippen LogP contribution in [0, 0.1) is 0 Å². The lowest BCUT2D eigenvalue weighted by Gasteiger charge is -2.28. The van der Waals surface area contributed by atoms with Crippen LogP contribution in [0.1, 0.15) is 26.2 Å². The Bertz CT molecular complexity index is 752. The van der Waals surface area contributed by atoms with E-state index >= 15 is 0 Å². The van der Waals surface area contributed by atoms with E-state index in [0.717, 1.165) is 17.9 Å². The zero-order valence-corrected chi connectivity index (χ0v) is 16.8. The number of unbranched alkanes of at least 4 members (excludes halogenated alkanes) is 1. The first-order chi connectivity index (χ1) is 13.1. The van der Waals surface area contributed by atoms with Crippen LogP contribution in [0.3, 0.4) is 0 Å². The molecule has 0 fully saturated rings. The van der Waals surface area contributed by atoms with Crippen molar-refractivity contribution < 1.29 is 9.90 Å². The van der Waals surface area contributed by atoms with E-state index in [1.54, 1.807) is 0 Å². The molecule has 0 aliphatic heterocycles. The highest BCUT2D eigenvalue weighted by Gasteiger charge is 2.44. The molecule has 1 N–H and O–H groups in total. The molecule has 0 radical (unpaired) electrons. The number of benzene rings is 2. The first kappa shape index (κ1) is 20.9. The van der Waals surface area contributed by atoms with Gasteiger partial charge in [0.1, 0.15) is 17.9 Å². The zero-order valence-electron chi connectivity index (χ0n) is 15.9. The number of hydrogen-bond acceptors (Lipinski definition) is 1. The second kappa shape index (κ2) is 10.6. The predicted octanol–water partition coefficient (Wildman–Crippen LogP) is 5.56. The van der Waals surface area contributed by atoms with Gasteiger partial charge >= 0.3 is 5.97 Å². The van der Waals surface area contributed by atoms with Gasteiger partial charge in [0.25, 0.3) is 0 Å². The summed E-state index contributed by atoms with van der Waals surface area (Å²) >= 11 is 0. The number of carboxylic acid groups (broad SMARTS) is 1. The van der Waals surface area contributed by atoms with E-state index < -0.39 is 13.2 Å². The van der Waals surface area contributed by atoms with E-state index in [0.29, 0.717) is 6.42 Å². The van der Waals surface area contributed by atoms with E-state index in [9.17, 15) is 4.79 Å². The number of aliphatic carboxylic acids is 1. The lowest BCUT2D eigenvalue weighted by atomic mass is 10.2. The average Bonchev–Trinajstić information content (AvgIpc) is 2.69. The minimum Gasteiger partial charge on any atom is -0.481 e. The van der Waals surface area contributed by atoms with Crippen molar-refractivity contribution in [2.24, 2.45) is 0 Å². The topological polar surface area (TPSA) is 37.3 Å². The largest absolute Gasteiger partial charge is 0.481 e. The fraction of sp³-hybridized carbons (Fsp3) is 0.208. The van der Waals surface area contributed by atoms with E-state index in [1.165, 1.54) is 10.6 Å². The van der Waals surface area contributed by atoms with Crippen molar-refractivity contribution >= 4 is 23.8 Å². The summed E-state index contributed by atoms with van der Waals surface area (Å²) in [5, 5.41) is 12.7. The third-order valence-corrected chi connectivity index (χ3v) is 9.09. The highest BCUT2D eigenvalue weighted by molar-refractivity contribution is 7.93. The Morgan fingerprint density at radius 3 is 2.00 bits per heavy atom. The van der Waals surface area contributed by atoms with Gasteiger partial charge in [0.05, 0.1) is 11.5 Å². The van der Waals surface area contributed by atoms with Gasteiger partial charge < -0.3 is 5.11 Å². The summed E-state index contributed by atoms with van der Waals surface area (Å²) < 4.78 is 0. The van der Waals surface area contributed by atoms with Gasteiger partial charge in [0.15, 0.2) is 0 Å². The van der Waals surface area contributed by atoms with Gasteiger partial charge in [-0.15, -0.1) is 0 Å². The normalized spacial score (nSPS) is 11.9. The van der Waals surface area contributed by atoms with E-state index in [1.807, 2.05) is 37.3 Å². The number of rotatable bonds is 10. The average molecular weight is 379 g/mol. The minimum atomic E-state index is -1.90. The molecule has 2 aromatic rings. The Hall–Kier alpha value is -2.44. The van der Waals surface area contributed by atoms with Crippen LogP contribution in [0.2, 0.25) is 0 Å². The standard InChI is InChI=1S/C24H27O2P/c1-3-4-7-14-21(2)27(20-13-12-19-24(25)26,22-15-8-5-9-16-22)23-17-10-6-11-18-23/h3-11,14-18H,2,12-13,19-20H2,1H3/p+1/b4-3-,14-7-. The minimum absolute atomic E-state index is 0.213. The molecule has 140 valence electrons. The summed E-state index contributed by atoms with van der Waals surface area (Å²) in [6.45, 7) is 6.47. The molecule has 2 aromatic carbocycles. The molecular weight excluding hydrogens is 351 g/mol. The second-order valence-corrected chi connectivity index (χ2v) is 10.1. The van der Waals surface area contributed by atoms with Crippen molar-refractivity contribution in [2.75, 3.05) is 6.16 Å². The third kappa shape index (κ3) is 5.52. The van der Waals surface area contributed by atoms with Crippen molar-refractivity contribution in [3.8, 4) is 0 Å². The van der Waals surface area contributed by atoms with Crippen LogP contribution in [0.15, 0.2) is 96.9 Å². The molecule has 0 amide bonds. The summed E-state index contributed by atoms with van der Waals surface area (Å²) in [5.41, 5.74) is 0. The lowest BCUT2D eigenvalue weighted by Crippen LogP contribution is -2.26. The molecule has 0 saturated heterocycles. The van der Waals surface area contributed by atoms with Crippen molar-refractivity contribution in [2.45, 2.75) is 26.2 Å². The van der Waals surface area contributed by atoms with Gasteiger partial charge in [-0.05, 0) is 50.1 Å². The second-order valence-electron chi connectivity index (χ2n) is 6.43. The summed E-state index contributed by atoms with van der Waals surface area (Å²) in [6, 6.07) is 21.1. The maximum atomic E-state index is 10.9. The molecule has 0 heterocycles. The number of hydrogen-bond donors (Lipinski definition) is 1. The molecule has 3 heteroatoms. The van der Waals surface area contributed by atoms with Crippen LogP contribution in [-0.2, 0) is 4.79 Å². The highest BCUT2D eigenvalue weighted by atomic mass is 31.2. The molecule has 0 saturated carbocycles. The Labute approximate surface area is 163 Å². The molecule has 0 atom stereocenters. The summed E-state index contributed by atoms with van der Waals surface area (Å²) in [5.74, 6) is -0.731. The number of carbonyl (C=O) groups is 1. The zero-order chi connectivity index (χ0) is 19.5. The van der Waals surface area contributed by atoms with Crippen LogP contribution >= 0.6 is 7.26 Å². The summed E-state index contributed by atoms with van der Waals surface area (Å²) in [7, 11) is -1.90. The van der Waals surface area contributed by atoms with Gasteiger partial charge in [-0.2, -0.15) is 0 Å². The van der Waals surface area contributed by atoms with Crippen LogP contribution in [-0.4, -0.2) is 17.2 Å². The molecule has 27 heavy (non-hydrogen) atoms. The number of carboxylic acids is 1. The maximum Gasteiger partial charge on any atom is 0.303 e. The van der Waals surface area contributed by atoms with Gasteiger partial charge in [0.2, 0.25) is 0 Å². The lowest BCUT2D eigenvalue weighted by molar-refractivity contribution is -0.137. The number of allylic oxidation sites excluding steroid dienone is 5. The fourth-order valence-corrected chi connectivity index (χ4v) is 7.44. The van der Waals surface area contributed by atoms with E-state index in [2.05, 4.69) is 61.2 Å². The first-order valence-electron chi connectivity index (χ1n) is 9.31. The fourth-order valence-electron chi connectivity index (χ4n) is 3.28. The Morgan fingerprint density at radius 1 is 0.963 bits per heavy atom. The van der Waals surface area contributed by atoms with Crippen molar-refractivity contribution in [3.63, 3.8) is 0 Å². The highest BCUT2D eigenvalue weighted by Crippen LogP contribution is 2.63. The van der Waals surface area contributed by atoms with Gasteiger partial charge in [-0.25, -0.2) is 0 Å². The first-order valence-corrected chi connectivity index (χ1v) is 11.3. The molecule has 2 nitrogen and oxygen atoms in total. The molecule has 0 bridgehead atoms. The SMILES string of the molecule is C=C(/C=C\C=C/C)[P+](CCCCC(=O)O)(c1ccccc1)c1ccccc1. The maximum absolute atomic E-state index is 10.9. The third-order valence-electron chi connectivity index (χ3n) is 4.61. The quantitative estimate of drug-likeness (QED) is 0.334. The smallest absolute Gasteiger partial charge is 0.303 e. The molecule has 2 rings (SSSR count). The van der Waals surface area contributed by atoms with E-state index in [-0.39, 0.29) is 6.42 Å². The van der Waals surface area contributed by atoms with Gasteiger partial charge in [-0.3, -0.25) is 4.79 Å². The van der Waals surface area contributed by atoms with Crippen LogP contribution in [0.4, 0.5) is 0 Å². The summed E-state index contributed by atoms with van der Waals surface area (Å²) in [6.07, 6.45) is 10.9. The molecule has 0 aliphatic rings. The predicted molar refractivity (Wildman–Crippen MR) is 119 cm³/mol. The molecule has 0 spiro atoms. The Balaban J connectivity index is 2.51.